The summed E-state index contributed by atoms with van der Waals surface area (Å²) in [5.41, 5.74) is 1.08. The molecule has 2 N–H and O–H groups in total. The lowest BCUT2D eigenvalue weighted by Gasteiger charge is -2.26. The maximum atomic E-state index is 12.9. The van der Waals surface area contributed by atoms with Crippen LogP contribution in [0.25, 0.3) is 0 Å². The zero-order chi connectivity index (χ0) is 22.8. The lowest BCUT2D eigenvalue weighted by Crippen LogP contribution is -2.42. The monoisotopic (exact) mass is 446 g/mol. The van der Waals surface area contributed by atoms with Crippen molar-refractivity contribution >= 4 is 34.2 Å². The third kappa shape index (κ3) is 7.67. The van der Waals surface area contributed by atoms with Gasteiger partial charge in [0.2, 0.25) is 11.8 Å². The highest BCUT2D eigenvalue weighted by molar-refractivity contribution is 7.13. The van der Waals surface area contributed by atoms with Crippen LogP contribution in [-0.4, -0.2) is 53.8 Å². The highest BCUT2D eigenvalue weighted by Gasteiger charge is 2.22. The number of carbonyl (C=O) groups is 3. The maximum Gasteiger partial charge on any atom is 0.254 e. The highest BCUT2D eigenvalue weighted by Crippen LogP contribution is 2.17. The Morgan fingerprint density at radius 2 is 1.87 bits per heavy atom. The molecule has 9 heteroatoms. The summed E-state index contributed by atoms with van der Waals surface area (Å²) in [6.45, 7) is 6.32. The molecule has 1 aromatic heterocycles. The molecular weight excluding hydrogens is 416 g/mol. The Bertz CT molecular complexity index is 880. The number of nitrogens with zero attached hydrogens (tertiary/aromatic N) is 2. The molecule has 0 fully saturated rings. The van der Waals surface area contributed by atoms with Gasteiger partial charge >= 0.3 is 0 Å². The Kier molecular flexibility index (Phi) is 9.45. The molecule has 0 aliphatic heterocycles. The van der Waals surface area contributed by atoms with Crippen molar-refractivity contribution in [3.05, 3.63) is 40.9 Å². The van der Waals surface area contributed by atoms with Crippen molar-refractivity contribution in [1.29, 1.82) is 0 Å². The summed E-state index contributed by atoms with van der Waals surface area (Å²) in [4.78, 5) is 43.1. The number of unbranched alkanes of at least 4 members (excludes halogenated alkanes) is 1. The van der Waals surface area contributed by atoms with Crippen molar-refractivity contribution in [2.24, 2.45) is 0 Å². The van der Waals surface area contributed by atoms with Gasteiger partial charge in [0, 0.05) is 23.5 Å². The molecule has 0 radical (unpaired) electrons. The molecule has 1 aromatic carbocycles. The second-order valence-electron chi connectivity index (χ2n) is 7.33. The van der Waals surface area contributed by atoms with Gasteiger partial charge in [-0.3, -0.25) is 14.4 Å². The van der Waals surface area contributed by atoms with E-state index in [1.807, 2.05) is 13.8 Å². The first kappa shape index (κ1) is 24.3. The molecule has 0 aliphatic carbocycles. The van der Waals surface area contributed by atoms with Gasteiger partial charge < -0.3 is 20.3 Å². The van der Waals surface area contributed by atoms with E-state index in [1.165, 1.54) is 16.2 Å². The van der Waals surface area contributed by atoms with Gasteiger partial charge in [0.1, 0.15) is 12.3 Å². The highest BCUT2D eigenvalue weighted by atomic mass is 32.1. The van der Waals surface area contributed by atoms with E-state index in [0.29, 0.717) is 28.7 Å². The third-order valence-corrected chi connectivity index (χ3v) is 5.33. The Morgan fingerprint density at radius 1 is 1.16 bits per heavy atom. The number of hydrogen-bond acceptors (Lipinski definition) is 6. The van der Waals surface area contributed by atoms with E-state index in [-0.39, 0.29) is 36.7 Å². The van der Waals surface area contributed by atoms with Gasteiger partial charge in [-0.15, -0.1) is 11.3 Å². The predicted octanol–water partition coefficient (Wildman–Crippen LogP) is 3.10. The van der Waals surface area contributed by atoms with Crippen molar-refractivity contribution in [2.45, 2.75) is 46.1 Å². The Balaban J connectivity index is 1.93. The normalized spacial score (nSPS) is 10.6. The van der Waals surface area contributed by atoms with E-state index < -0.39 is 0 Å². The van der Waals surface area contributed by atoms with Gasteiger partial charge in [-0.1, -0.05) is 13.3 Å². The summed E-state index contributed by atoms with van der Waals surface area (Å²) < 4.78 is 5.12. The molecule has 0 atom stereocenters. The number of aromatic nitrogens is 1. The molecular formula is C22H30N4O4S. The van der Waals surface area contributed by atoms with Crippen molar-refractivity contribution in [2.75, 3.05) is 25.5 Å². The summed E-state index contributed by atoms with van der Waals surface area (Å²) in [7, 11) is 1.56. The van der Waals surface area contributed by atoms with Crippen LogP contribution in [0.1, 0.15) is 49.7 Å². The molecule has 0 saturated carbocycles. The topological polar surface area (TPSA) is 101 Å². The van der Waals surface area contributed by atoms with E-state index in [2.05, 4.69) is 22.5 Å². The molecule has 0 unspecified atom stereocenters. The van der Waals surface area contributed by atoms with Crippen LogP contribution in [0.2, 0.25) is 0 Å². The van der Waals surface area contributed by atoms with Gasteiger partial charge in [0.05, 0.1) is 19.2 Å². The second kappa shape index (κ2) is 12.0. The van der Waals surface area contributed by atoms with Crippen molar-refractivity contribution in [3.8, 4) is 5.75 Å². The number of nitrogens with one attached hydrogen (secondary N) is 2. The van der Waals surface area contributed by atoms with Crippen LogP contribution in [0, 0.1) is 0 Å². The largest absolute Gasteiger partial charge is 0.497 e. The fourth-order valence-electron chi connectivity index (χ4n) is 2.78. The SMILES string of the molecule is CCCCNC(=O)Cc1csc(NC(=O)CN(C(=O)c2ccc(OC)cc2)C(C)C)n1. The van der Waals surface area contributed by atoms with Crippen LogP contribution in [0.4, 0.5) is 5.13 Å². The third-order valence-electron chi connectivity index (χ3n) is 4.53. The standard InChI is InChI=1S/C22H30N4O4S/c1-5-6-11-23-19(27)12-17-14-31-22(24-17)25-20(28)13-26(15(2)3)21(29)16-7-9-18(30-4)10-8-16/h7-10,14-15H,5-6,11-13H2,1-4H3,(H,23,27)(H,24,25,28). The molecule has 2 aromatic rings. The van der Waals surface area contributed by atoms with E-state index in [0.717, 1.165) is 12.8 Å². The fraction of sp³-hybridized carbons (Fsp3) is 0.455. The van der Waals surface area contributed by atoms with Crippen LogP contribution in [0.5, 0.6) is 5.75 Å². The Hall–Kier alpha value is -2.94. The first-order valence-corrected chi connectivity index (χ1v) is 11.2. The summed E-state index contributed by atoms with van der Waals surface area (Å²) in [6, 6.07) is 6.60. The summed E-state index contributed by atoms with van der Waals surface area (Å²) in [6.07, 6.45) is 2.12. The zero-order valence-electron chi connectivity index (χ0n) is 18.4. The number of thiazole rings is 1. The van der Waals surface area contributed by atoms with Gasteiger partial charge in [-0.2, -0.15) is 0 Å². The molecule has 31 heavy (non-hydrogen) atoms. The van der Waals surface area contributed by atoms with Crippen molar-refractivity contribution < 1.29 is 19.1 Å². The minimum absolute atomic E-state index is 0.0901. The molecule has 2 rings (SSSR count). The van der Waals surface area contributed by atoms with Crippen LogP contribution >= 0.6 is 11.3 Å². The van der Waals surface area contributed by atoms with Gasteiger partial charge in [-0.25, -0.2) is 4.98 Å². The minimum atomic E-state index is -0.344. The first-order chi connectivity index (χ1) is 14.8. The van der Waals surface area contributed by atoms with Crippen LogP contribution in [-0.2, 0) is 16.0 Å². The molecule has 0 spiro atoms. The van der Waals surface area contributed by atoms with Gasteiger partial charge in [0.25, 0.3) is 5.91 Å². The smallest absolute Gasteiger partial charge is 0.254 e. The summed E-state index contributed by atoms with van der Waals surface area (Å²) in [5, 5.41) is 7.72. The number of anilines is 1. The van der Waals surface area contributed by atoms with Gasteiger partial charge in [0.15, 0.2) is 5.13 Å². The predicted molar refractivity (Wildman–Crippen MR) is 122 cm³/mol. The number of rotatable bonds is 11. The average Bonchev–Trinajstić information content (AvgIpc) is 3.18. The quantitative estimate of drug-likeness (QED) is 0.517. The molecule has 8 nitrogen and oxygen atoms in total. The fourth-order valence-corrected chi connectivity index (χ4v) is 3.51. The van der Waals surface area contributed by atoms with E-state index in [1.54, 1.807) is 36.8 Å². The van der Waals surface area contributed by atoms with Crippen LogP contribution in [0.15, 0.2) is 29.6 Å². The number of ether oxygens (including phenoxy) is 1. The number of benzene rings is 1. The maximum absolute atomic E-state index is 12.9. The molecule has 1 heterocycles. The Labute approximate surface area is 187 Å². The van der Waals surface area contributed by atoms with Gasteiger partial charge in [-0.05, 0) is 44.5 Å². The van der Waals surface area contributed by atoms with E-state index in [9.17, 15) is 14.4 Å². The molecule has 0 bridgehead atoms. The Morgan fingerprint density at radius 3 is 2.48 bits per heavy atom. The number of hydrogen-bond donors (Lipinski definition) is 2. The lowest BCUT2D eigenvalue weighted by atomic mass is 10.1. The first-order valence-electron chi connectivity index (χ1n) is 10.3. The molecule has 0 aliphatic rings. The van der Waals surface area contributed by atoms with E-state index >= 15 is 0 Å². The number of carbonyl (C=O) groups excluding carboxylic acids is 3. The molecule has 168 valence electrons. The zero-order valence-corrected chi connectivity index (χ0v) is 19.3. The van der Waals surface area contributed by atoms with Crippen molar-refractivity contribution in [3.63, 3.8) is 0 Å². The van der Waals surface area contributed by atoms with Crippen LogP contribution < -0.4 is 15.4 Å². The average molecular weight is 447 g/mol. The molecule has 0 saturated heterocycles. The second-order valence-corrected chi connectivity index (χ2v) is 8.19. The number of methoxy groups -OCH3 is 1. The van der Waals surface area contributed by atoms with Crippen molar-refractivity contribution in [1.82, 2.24) is 15.2 Å². The minimum Gasteiger partial charge on any atom is -0.497 e. The number of amides is 3. The molecule has 3 amide bonds. The van der Waals surface area contributed by atoms with E-state index in [4.69, 9.17) is 4.74 Å². The summed E-state index contributed by atoms with van der Waals surface area (Å²) >= 11 is 1.25. The lowest BCUT2D eigenvalue weighted by molar-refractivity contribution is -0.120. The summed E-state index contributed by atoms with van der Waals surface area (Å²) in [5.74, 6) is -0.0167. The van der Waals surface area contributed by atoms with Crippen LogP contribution in [0.3, 0.4) is 0 Å².